The second-order valence-electron chi connectivity index (χ2n) is 4.06. The van der Waals surface area contributed by atoms with Gasteiger partial charge in [0.25, 0.3) is 0 Å². The van der Waals surface area contributed by atoms with Gasteiger partial charge in [-0.25, -0.2) is 4.98 Å². The van der Waals surface area contributed by atoms with Crippen LogP contribution in [0.25, 0.3) is 10.6 Å². The number of nitrogens with zero attached hydrogens (tertiary/aromatic N) is 1. The normalized spacial score (nSPS) is 12.7. The Balaban J connectivity index is 2.60. The molecule has 2 rings (SSSR count). The Hall–Kier alpha value is -1.28. The van der Waals surface area contributed by atoms with Gasteiger partial charge in [0.2, 0.25) is 0 Å². The first-order chi connectivity index (χ1) is 9.61. The lowest BCUT2D eigenvalue weighted by molar-refractivity contribution is -0.143. The van der Waals surface area contributed by atoms with Crippen LogP contribution in [-0.4, -0.2) is 4.98 Å². The fraction of sp³-hybridized carbons (Fsp3) is 0.250. The van der Waals surface area contributed by atoms with Gasteiger partial charge < -0.3 is 0 Å². The van der Waals surface area contributed by atoms with Crippen LogP contribution in [0, 0.1) is 0 Å². The zero-order valence-electron chi connectivity index (χ0n) is 10.0. The van der Waals surface area contributed by atoms with Gasteiger partial charge in [-0.05, 0) is 18.2 Å². The predicted molar refractivity (Wildman–Crippen MR) is 67.1 cm³/mol. The molecule has 1 aromatic carbocycles. The third kappa shape index (κ3) is 3.68. The number of benzene rings is 1. The summed E-state index contributed by atoms with van der Waals surface area (Å²) in [5.74, 6) is 0.0861. The van der Waals surface area contributed by atoms with E-state index in [1.165, 1.54) is 6.20 Å². The molecule has 0 saturated carbocycles. The highest BCUT2D eigenvalue weighted by Crippen LogP contribution is 2.39. The van der Waals surface area contributed by atoms with Crippen molar-refractivity contribution in [3.05, 3.63) is 40.4 Å². The van der Waals surface area contributed by atoms with Crippen LogP contribution in [0.1, 0.15) is 16.0 Å². The van der Waals surface area contributed by atoms with Crippen molar-refractivity contribution < 1.29 is 26.3 Å². The second-order valence-corrected chi connectivity index (χ2v) is 5.44. The Morgan fingerprint density at radius 2 is 1.48 bits per heavy atom. The van der Waals surface area contributed by atoms with E-state index in [1.54, 1.807) is 0 Å². The largest absolute Gasteiger partial charge is 0.416 e. The lowest BCUT2D eigenvalue weighted by Gasteiger charge is -2.13. The van der Waals surface area contributed by atoms with Crippen molar-refractivity contribution in [1.82, 2.24) is 4.98 Å². The Kier molecular flexibility index (Phi) is 4.21. The third-order valence-corrected chi connectivity index (χ3v) is 4.01. The molecule has 0 amide bonds. The summed E-state index contributed by atoms with van der Waals surface area (Å²) in [5.41, 5.74) is -2.97. The Morgan fingerprint density at radius 3 is 1.86 bits per heavy atom. The minimum Gasteiger partial charge on any atom is -0.244 e. The maximum absolute atomic E-state index is 12.7. The predicted octanol–water partition coefficient (Wildman–Crippen LogP) is 5.59. The first kappa shape index (κ1) is 16.1. The van der Waals surface area contributed by atoms with Crippen molar-refractivity contribution in [2.75, 3.05) is 0 Å². The molecule has 0 bridgehead atoms. The number of aromatic nitrogens is 1. The lowest BCUT2D eigenvalue weighted by Crippen LogP contribution is -2.11. The molecule has 2 aromatic rings. The molecule has 0 aliphatic heterocycles. The van der Waals surface area contributed by atoms with E-state index in [-0.39, 0.29) is 22.5 Å². The number of alkyl halides is 7. The SMILES string of the molecule is FC(F)(F)c1cc(-c2ncc(CCl)s2)cc(C(F)(F)F)c1. The molecule has 0 spiro atoms. The molecule has 0 radical (unpaired) electrons. The van der Waals surface area contributed by atoms with Gasteiger partial charge >= 0.3 is 12.4 Å². The van der Waals surface area contributed by atoms with Gasteiger partial charge in [0, 0.05) is 16.6 Å². The van der Waals surface area contributed by atoms with E-state index in [4.69, 9.17) is 11.6 Å². The van der Waals surface area contributed by atoms with Crippen molar-refractivity contribution in [1.29, 1.82) is 0 Å². The number of rotatable bonds is 2. The van der Waals surface area contributed by atoms with Gasteiger partial charge in [-0.3, -0.25) is 0 Å². The minimum atomic E-state index is -4.87. The molecule has 21 heavy (non-hydrogen) atoms. The Bertz CT molecular complexity index is 614. The van der Waals surface area contributed by atoms with Crippen LogP contribution in [0.4, 0.5) is 26.3 Å². The molecular formula is C12H6ClF6NS. The minimum absolute atomic E-state index is 0.0576. The van der Waals surface area contributed by atoms with Gasteiger partial charge in [-0.2, -0.15) is 26.3 Å². The van der Waals surface area contributed by atoms with Crippen molar-refractivity contribution in [3.8, 4) is 10.6 Å². The molecule has 1 aromatic heterocycles. The van der Waals surface area contributed by atoms with E-state index >= 15 is 0 Å². The van der Waals surface area contributed by atoms with E-state index in [0.29, 0.717) is 17.0 Å². The zero-order valence-corrected chi connectivity index (χ0v) is 11.6. The van der Waals surface area contributed by atoms with Crippen LogP contribution in [0.2, 0.25) is 0 Å². The van der Waals surface area contributed by atoms with Gasteiger partial charge in [0.05, 0.1) is 17.0 Å². The highest BCUT2D eigenvalue weighted by atomic mass is 35.5. The smallest absolute Gasteiger partial charge is 0.244 e. The van der Waals surface area contributed by atoms with Crippen LogP contribution in [0.15, 0.2) is 24.4 Å². The van der Waals surface area contributed by atoms with E-state index in [1.807, 2.05) is 0 Å². The van der Waals surface area contributed by atoms with E-state index in [9.17, 15) is 26.3 Å². The highest BCUT2D eigenvalue weighted by molar-refractivity contribution is 7.15. The standard InChI is InChI=1S/C12H6ClF6NS/c13-4-9-5-20-10(21-9)6-1-7(11(14,15)16)3-8(2-6)12(17,18)19/h1-3,5H,4H2. The summed E-state index contributed by atoms with van der Waals surface area (Å²) >= 11 is 6.49. The molecule has 0 aliphatic carbocycles. The molecule has 1 nitrogen and oxygen atoms in total. The molecule has 0 unspecified atom stereocenters. The van der Waals surface area contributed by atoms with Crippen LogP contribution in [-0.2, 0) is 18.2 Å². The summed E-state index contributed by atoms with van der Waals surface area (Å²) in [5, 5.41) is 0.0576. The lowest BCUT2D eigenvalue weighted by atomic mass is 10.1. The van der Waals surface area contributed by atoms with E-state index < -0.39 is 23.5 Å². The first-order valence-corrected chi connectivity index (χ1v) is 6.77. The van der Waals surface area contributed by atoms with E-state index in [0.717, 1.165) is 11.3 Å². The van der Waals surface area contributed by atoms with E-state index in [2.05, 4.69) is 4.98 Å². The van der Waals surface area contributed by atoms with Gasteiger partial charge in [-0.1, -0.05) is 0 Å². The van der Waals surface area contributed by atoms with Crippen LogP contribution >= 0.6 is 22.9 Å². The quantitative estimate of drug-likeness (QED) is 0.511. The summed E-state index contributed by atoms with van der Waals surface area (Å²) in [6.45, 7) is 0. The summed E-state index contributed by atoms with van der Waals surface area (Å²) in [6.07, 6.45) is -8.42. The average Bonchev–Trinajstić information content (AvgIpc) is 2.85. The number of hydrogen-bond donors (Lipinski definition) is 0. The molecule has 0 N–H and O–H groups in total. The summed E-state index contributed by atoms with van der Waals surface area (Å²) in [6, 6.07) is 1.37. The molecule has 9 heteroatoms. The van der Waals surface area contributed by atoms with Crippen LogP contribution < -0.4 is 0 Å². The number of halogens is 7. The molecular weight excluding hydrogens is 340 g/mol. The summed E-state index contributed by atoms with van der Waals surface area (Å²) in [7, 11) is 0. The van der Waals surface area contributed by atoms with Gasteiger partial charge in [0.1, 0.15) is 5.01 Å². The molecule has 0 aliphatic rings. The third-order valence-electron chi connectivity index (χ3n) is 2.52. The van der Waals surface area contributed by atoms with Crippen molar-refractivity contribution in [2.45, 2.75) is 18.2 Å². The second kappa shape index (κ2) is 5.49. The summed E-state index contributed by atoms with van der Waals surface area (Å²) < 4.78 is 76.3. The maximum Gasteiger partial charge on any atom is 0.416 e. The zero-order chi connectivity index (χ0) is 15.8. The monoisotopic (exact) mass is 345 g/mol. The average molecular weight is 346 g/mol. The fourth-order valence-electron chi connectivity index (χ4n) is 1.58. The highest BCUT2D eigenvalue weighted by Gasteiger charge is 2.37. The van der Waals surface area contributed by atoms with Crippen LogP contribution in [0.5, 0.6) is 0 Å². The Morgan fingerprint density at radius 1 is 0.952 bits per heavy atom. The first-order valence-electron chi connectivity index (χ1n) is 5.42. The number of thiazole rings is 1. The van der Waals surface area contributed by atoms with Crippen molar-refractivity contribution in [2.24, 2.45) is 0 Å². The van der Waals surface area contributed by atoms with Crippen molar-refractivity contribution >= 4 is 22.9 Å². The summed E-state index contributed by atoms with van der Waals surface area (Å²) in [4.78, 5) is 4.36. The fourth-order valence-corrected chi connectivity index (χ4v) is 2.56. The van der Waals surface area contributed by atoms with Crippen LogP contribution in [0.3, 0.4) is 0 Å². The molecule has 0 saturated heterocycles. The van der Waals surface area contributed by atoms with Gasteiger partial charge in [0.15, 0.2) is 0 Å². The Labute approximate surface area is 124 Å². The maximum atomic E-state index is 12.7. The number of hydrogen-bond acceptors (Lipinski definition) is 2. The molecule has 114 valence electrons. The van der Waals surface area contributed by atoms with Gasteiger partial charge in [-0.15, -0.1) is 22.9 Å². The molecule has 0 atom stereocenters. The molecule has 1 heterocycles. The van der Waals surface area contributed by atoms with Crippen molar-refractivity contribution in [3.63, 3.8) is 0 Å². The molecule has 0 fully saturated rings. The topological polar surface area (TPSA) is 12.9 Å².